The largest absolute Gasteiger partial charge is 0.310 e. The Morgan fingerprint density at radius 2 is 1.77 bits per heavy atom. The van der Waals surface area contributed by atoms with Crippen molar-refractivity contribution in [3.8, 4) is 0 Å². The summed E-state index contributed by atoms with van der Waals surface area (Å²) in [5.41, 5.74) is 1.20. The molecule has 3 rings (SSSR count). The Balaban J connectivity index is 1.77. The van der Waals surface area contributed by atoms with Gasteiger partial charge in [-0.15, -0.1) is 0 Å². The Morgan fingerprint density at radius 3 is 2.27 bits per heavy atom. The minimum Gasteiger partial charge on any atom is -0.310 e. The molecule has 0 spiro atoms. The van der Waals surface area contributed by atoms with Crippen LogP contribution in [-0.2, 0) is 11.3 Å². The number of halogens is 4. The molecule has 0 atom stereocenters. The molecule has 1 amide bonds. The second kappa shape index (κ2) is 6.51. The van der Waals surface area contributed by atoms with Crippen molar-refractivity contribution in [1.29, 1.82) is 0 Å². The Morgan fingerprint density at radius 1 is 1.19 bits per heavy atom. The minimum absolute atomic E-state index is 0.249. The predicted octanol–water partition coefficient (Wildman–Crippen LogP) is 3.25. The van der Waals surface area contributed by atoms with E-state index in [1.165, 1.54) is 0 Å². The molecule has 2 aliphatic rings. The molecule has 9 heteroatoms. The maximum absolute atomic E-state index is 13.2. The highest BCUT2D eigenvalue weighted by atomic mass is 19.3. The van der Waals surface area contributed by atoms with Crippen LogP contribution in [0.5, 0.6) is 0 Å². The number of hydrogen-bond acceptors (Lipinski definition) is 3. The van der Waals surface area contributed by atoms with Gasteiger partial charge in [0.05, 0.1) is 12.2 Å². The number of hydrogen-bond donors (Lipinski definition) is 1. The number of alkyl halides is 4. The third-order valence-corrected chi connectivity index (χ3v) is 5.16. The first-order chi connectivity index (χ1) is 12.0. The molecule has 2 saturated carbocycles. The van der Waals surface area contributed by atoms with Crippen molar-refractivity contribution in [2.45, 2.75) is 56.9 Å². The van der Waals surface area contributed by atoms with Crippen LogP contribution in [0.15, 0.2) is 0 Å². The van der Waals surface area contributed by atoms with E-state index in [1.54, 1.807) is 11.6 Å². The Hall–Kier alpha value is -1.64. The zero-order valence-electron chi connectivity index (χ0n) is 15.2. The lowest BCUT2D eigenvalue weighted by molar-refractivity contribution is -0.145. The first-order valence-corrected chi connectivity index (χ1v) is 8.76. The molecule has 0 aromatic carbocycles. The van der Waals surface area contributed by atoms with Crippen LogP contribution >= 0.6 is 0 Å². The van der Waals surface area contributed by atoms with Crippen molar-refractivity contribution < 1.29 is 22.4 Å². The summed E-state index contributed by atoms with van der Waals surface area (Å²) in [5, 5.41) is 7.16. The predicted molar refractivity (Wildman–Crippen MR) is 88.7 cm³/mol. The fourth-order valence-electron chi connectivity index (χ4n) is 3.49. The standard InChI is InChI=1S/C17H24F4N4O/c1-10-13(11-6-16(18,19)7-11)23-25(5-4-24(2)3)14(10)22-15(26)12-8-17(20,21)9-12/h11-12H,4-9H2,1-3H3,(H,22,26). The first-order valence-electron chi connectivity index (χ1n) is 8.76. The van der Waals surface area contributed by atoms with E-state index >= 15 is 0 Å². The highest BCUT2D eigenvalue weighted by Gasteiger charge is 2.50. The van der Waals surface area contributed by atoms with Crippen LogP contribution in [0.4, 0.5) is 23.4 Å². The third kappa shape index (κ3) is 3.87. The molecule has 1 heterocycles. The lowest BCUT2D eigenvalue weighted by Crippen LogP contribution is -2.42. The average molecular weight is 376 g/mol. The van der Waals surface area contributed by atoms with E-state index in [1.807, 2.05) is 19.0 Å². The van der Waals surface area contributed by atoms with Gasteiger partial charge in [0, 0.05) is 49.6 Å². The van der Waals surface area contributed by atoms with E-state index in [4.69, 9.17) is 0 Å². The molecule has 146 valence electrons. The summed E-state index contributed by atoms with van der Waals surface area (Å²) in [5.74, 6) is -6.53. The molecule has 0 saturated heterocycles. The van der Waals surface area contributed by atoms with Gasteiger partial charge in [-0.2, -0.15) is 5.10 Å². The van der Waals surface area contributed by atoms with Gasteiger partial charge in [-0.3, -0.25) is 4.79 Å². The summed E-state index contributed by atoms with van der Waals surface area (Å²) >= 11 is 0. The number of likely N-dealkylation sites (N-methyl/N-ethyl adjacent to an activating group) is 1. The number of nitrogens with one attached hydrogen (secondary N) is 1. The lowest BCUT2D eigenvalue weighted by atomic mass is 9.78. The number of rotatable bonds is 6. The zero-order valence-corrected chi connectivity index (χ0v) is 15.2. The van der Waals surface area contributed by atoms with Gasteiger partial charge in [-0.25, -0.2) is 22.2 Å². The van der Waals surface area contributed by atoms with Gasteiger partial charge < -0.3 is 10.2 Å². The monoisotopic (exact) mass is 376 g/mol. The van der Waals surface area contributed by atoms with Crippen LogP contribution in [-0.4, -0.2) is 53.1 Å². The van der Waals surface area contributed by atoms with Gasteiger partial charge in [-0.05, 0) is 21.0 Å². The second-order valence-electron chi connectivity index (χ2n) is 7.80. The molecule has 0 radical (unpaired) electrons. The Bertz CT molecular complexity index is 685. The normalized spacial score (nSPS) is 22.2. The van der Waals surface area contributed by atoms with Crippen LogP contribution in [0.2, 0.25) is 0 Å². The average Bonchev–Trinajstić information content (AvgIpc) is 2.76. The molecule has 2 fully saturated rings. The highest BCUT2D eigenvalue weighted by molar-refractivity contribution is 5.93. The highest BCUT2D eigenvalue weighted by Crippen LogP contribution is 2.49. The van der Waals surface area contributed by atoms with Crippen molar-refractivity contribution >= 4 is 11.7 Å². The summed E-state index contributed by atoms with van der Waals surface area (Å²) < 4.78 is 54.1. The fourth-order valence-corrected chi connectivity index (χ4v) is 3.49. The van der Waals surface area contributed by atoms with Gasteiger partial charge in [0.25, 0.3) is 0 Å². The van der Waals surface area contributed by atoms with Crippen LogP contribution < -0.4 is 5.32 Å². The maximum Gasteiger partial charge on any atom is 0.249 e. The zero-order chi connectivity index (χ0) is 19.3. The topological polar surface area (TPSA) is 50.2 Å². The summed E-state index contributed by atoms with van der Waals surface area (Å²) in [6.45, 7) is 2.84. The SMILES string of the molecule is Cc1c(C2CC(F)(F)C2)nn(CCN(C)C)c1NC(=O)C1CC(F)(F)C1. The summed E-state index contributed by atoms with van der Waals surface area (Å²) in [4.78, 5) is 14.2. The number of carbonyl (C=O) groups is 1. The third-order valence-electron chi connectivity index (χ3n) is 5.16. The van der Waals surface area contributed by atoms with E-state index < -0.39 is 36.5 Å². The summed E-state index contributed by atoms with van der Waals surface area (Å²) in [7, 11) is 3.77. The first kappa shape index (κ1) is 19.1. The van der Waals surface area contributed by atoms with Gasteiger partial charge in [0.1, 0.15) is 5.82 Å². The number of aromatic nitrogens is 2. The van der Waals surface area contributed by atoms with Crippen molar-refractivity contribution in [1.82, 2.24) is 14.7 Å². The second-order valence-corrected chi connectivity index (χ2v) is 7.80. The summed E-state index contributed by atoms with van der Waals surface area (Å²) in [6.07, 6.45) is -1.40. The maximum atomic E-state index is 13.2. The lowest BCUT2D eigenvalue weighted by Gasteiger charge is -2.34. The van der Waals surface area contributed by atoms with Gasteiger partial charge in [0.2, 0.25) is 17.8 Å². The van der Waals surface area contributed by atoms with Gasteiger partial charge in [-0.1, -0.05) is 0 Å². The molecule has 5 nitrogen and oxygen atoms in total. The van der Waals surface area contributed by atoms with E-state index in [2.05, 4.69) is 10.4 Å². The van der Waals surface area contributed by atoms with Crippen molar-refractivity contribution in [3.63, 3.8) is 0 Å². The molecule has 0 aliphatic heterocycles. The van der Waals surface area contributed by atoms with Crippen LogP contribution in [0.1, 0.15) is 42.9 Å². The molecule has 26 heavy (non-hydrogen) atoms. The smallest absolute Gasteiger partial charge is 0.249 e. The Labute approximate surface area is 149 Å². The quantitative estimate of drug-likeness (QED) is 0.776. The number of nitrogens with zero attached hydrogens (tertiary/aromatic N) is 3. The van der Waals surface area contributed by atoms with Gasteiger partial charge >= 0.3 is 0 Å². The van der Waals surface area contributed by atoms with Gasteiger partial charge in [0.15, 0.2) is 0 Å². The Kier molecular flexibility index (Phi) is 4.79. The van der Waals surface area contributed by atoms with Crippen LogP contribution in [0.3, 0.4) is 0 Å². The van der Waals surface area contributed by atoms with E-state index in [-0.39, 0.29) is 18.8 Å². The molecule has 1 aromatic rings. The van der Waals surface area contributed by atoms with Crippen LogP contribution in [0.25, 0.3) is 0 Å². The van der Waals surface area contributed by atoms with E-state index in [0.29, 0.717) is 30.2 Å². The van der Waals surface area contributed by atoms with Crippen molar-refractivity contribution in [2.75, 3.05) is 26.0 Å². The molecule has 0 unspecified atom stereocenters. The molecule has 0 bridgehead atoms. The number of amides is 1. The number of anilines is 1. The molecular formula is C17H24F4N4O. The number of carbonyl (C=O) groups excluding carboxylic acids is 1. The minimum atomic E-state index is -2.77. The van der Waals surface area contributed by atoms with Crippen LogP contribution in [0, 0.1) is 12.8 Å². The van der Waals surface area contributed by atoms with E-state index in [0.717, 1.165) is 0 Å². The molecule has 1 N–H and O–H groups in total. The summed E-state index contributed by atoms with van der Waals surface area (Å²) in [6, 6.07) is 0. The van der Waals surface area contributed by atoms with Crippen molar-refractivity contribution in [3.05, 3.63) is 11.3 Å². The van der Waals surface area contributed by atoms with Crippen molar-refractivity contribution in [2.24, 2.45) is 5.92 Å². The van der Waals surface area contributed by atoms with E-state index in [9.17, 15) is 22.4 Å². The fraction of sp³-hybridized carbons (Fsp3) is 0.765. The molecule has 2 aliphatic carbocycles. The molecular weight excluding hydrogens is 352 g/mol. The molecule has 1 aromatic heterocycles.